The zero-order valence-corrected chi connectivity index (χ0v) is 13.9. The number of aromatic nitrogens is 1. The number of benzene rings is 2. The first-order chi connectivity index (χ1) is 12.5. The maximum absolute atomic E-state index is 13.1. The molecule has 5 heteroatoms. The molecule has 26 heavy (non-hydrogen) atoms. The van der Waals surface area contributed by atoms with Crippen molar-refractivity contribution in [2.75, 3.05) is 0 Å². The maximum Gasteiger partial charge on any atom is 0.336 e. The fourth-order valence-electron chi connectivity index (χ4n) is 2.89. The van der Waals surface area contributed by atoms with Gasteiger partial charge in [-0.15, -0.1) is 0 Å². The van der Waals surface area contributed by atoms with Gasteiger partial charge in [0, 0.05) is 10.9 Å². The lowest BCUT2D eigenvalue weighted by atomic mass is 10.0. The van der Waals surface area contributed by atoms with Crippen LogP contribution in [0.25, 0.3) is 33.7 Å². The quantitative estimate of drug-likeness (QED) is 0.546. The number of furan rings is 1. The summed E-state index contributed by atoms with van der Waals surface area (Å²) in [5.74, 6) is -0.329. The molecule has 128 valence electrons. The number of aryl methyl sites for hydroxylation is 1. The number of rotatable bonds is 3. The molecule has 0 atom stereocenters. The van der Waals surface area contributed by atoms with Gasteiger partial charge < -0.3 is 9.52 Å². The Morgan fingerprint density at radius 1 is 1.00 bits per heavy atom. The lowest BCUT2D eigenvalue weighted by molar-refractivity contribution is 0.0699. The highest BCUT2D eigenvalue weighted by molar-refractivity contribution is 6.03. The minimum absolute atomic E-state index is 0.174. The van der Waals surface area contributed by atoms with Gasteiger partial charge in [0.25, 0.3) is 0 Å². The summed E-state index contributed by atoms with van der Waals surface area (Å²) in [5, 5.41) is 10.1. The predicted molar refractivity (Wildman–Crippen MR) is 96.5 cm³/mol. The van der Waals surface area contributed by atoms with Crippen molar-refractivity contribution in [3.63, 3.8) is 0 Å². The number of hydrogen-bond donors (Lipinski definition) is 1. The summed E-state index contributed by atoms with van der Waals surface area (Å²) in [6.07, 6.45) is 0. The number of hydrogen-bond acceptors (Lipinski definition) is 3. The molecule has 0 aliphatic heterocycles. The monoisotopic (exact) mass is 347 g/mol. The first-order valence-electron chi connectivity index (χ1n) is 8.02. The Morgan fingerprint density at radius 3 is 2.46 bits per heavy atom. The first kappa shape index (κ1) is 16.0. The number of halogens is 1. The van der Waals surface area contributed by atoms with E-state index in [0.29, 0.717) is 28.1 Å². The average molecular weight is 347 g/mol. The first-order valence-corrected chi connectivity index (χ1v) is 8.02. The van der Waals surface area contributed by atoms with Gasteiger partial charge in [0.1, 0.15) is 17.3 Å². The summed E-state index contributed by atoms with van der Waals surface area (Å²) in [7, 11) is 0. The number of fused-ring (bicyclic) bond motifs is 1. The molecule has 0 saturated heterocycles. The molecule has 0 spiro atoms. The van der Waals surface area contributed by atoms with E-state index in [9.17, 15) is 14.3 Å². The van der Waals surface area contributed by atoms with Crippen LogP contribution in [0.5, 0.6) is 0 Å². The van der Waals surface area contributed by atoms with E-state index in [-0.39, 0.29) is 11.4 Å². The van der Waals surface area contributed by atoms with Gasteiger partial charge in [-0.1, -0.05) is 11.6 Å². The van der Waals surface area contributed by atoms with Crippen LogP contribution in [0.2, 0.25) is 0 Å². The summed E-state index contributed by atoms with van der Waals surface area (Å²) in [5.41, 5.74) is 2.89. The molecule has 4 nitrogen and oxygen atoms in total. The van der Waals surface area contributed by atoms with Crippen LogP contribution >= 0.6 is 0 Å². The maximum atomic E-state index is 13.1. The Morgan fingerprint density at radius 2 is 1.73 bits per heavy atom. The van der Waals surface area contributed by atoms with Crippen molar-refractivity contribution in [3.05, 3.63) is 77.6 Å². The number of nitrogens with zero attached hydrogens (tertiary/aromatic N) is 1. The molecule has 0 aliphatic rings. The third-order valence-electron chi connectivity index (χ3n) is 4.18. The lowest BCUT2D eigenvalue weighted by Crippen LogP contribution is -2.00. The van der Waals surface area contributed by atoms with E-state index in [4.69, 9.17) is 4.42 Å². The van der Waals surface area contributed by atoms with Crippen LogP contribution in [0.15, 0.2) is 65.1 Å². The highest BCUT2D eigenvalue weighted by Crippen LogP contribution is 2.30. The minimum atomic E-state index is -1.02. The third kappa shape index (κ3) is 2.84. The second kappa shape index (κ2) is 6.11. The van der Waals surface area contributed by atoms with Crippen LogP contribution in [-0.4, -0.2) is 16.1 Å². The fraction of sp³-hybridized carbons (Fsp3) is 0.0476. The Labute approximate surface area is 148 Å². The zero-order valence-electron chi connectivity index (χ0n) is 13.9. The Hall–Kier alpha value is -3.47. The van der Waals surface area contributed by atoms with Crippen LogP contribution in [0.4, 0.5) is 4.39 Å². The summed E-state index contributed by atoms with van der Waals surface area (Å²) < 4.78 is 18.9. The van der Waals surface area contributed by atoms with Gasteiger partial charge in [0.2, 0.25) is 0 Å². The average Bonchev–Trinajstić information content (AvgIpc) is 3.11. The summed E-state index contributed by atoms with van der Waals surface area (Å²) in [6, 6.07) is 16.4. The third-order valence-corrected chi connectivity index (χ3v) is 4.18. The number of carboxylic acids is 1. The summed E-state index contributed by atoms with van der Waals surface area (Å²) in [6.45, 7) is 1.90. The predicted octanol–water partition coefficient (Wildman–Crippen LogP) is 5.31. The van der Waals surface area contributed by atoms with E-state index < -0.39 is 5.97 Å². The van der Waals surface area contributed by atoms with Crippen molar-refractivity contribution in [2.45, 2.75) is 6.92 Å². The van der Waals surface area contributed by atoms with Gasteiger partial charge in [0.15, 0.2) is 5.76 Å². The topological polar surface area (TPSA) is 63.3 Å². The second-order valence-corrected chi connectivity index (χ2v) is 6.05. The lowest BCUT2D eigenvalue weighted by Gasteiger charge is -2.06. The summed E-state index contributed by atoms with van der Waals surface area (Å²) in [4.78, 5) is 16.2. The van der Waals surface area contributed by atoms with E-state index in [1.807, 2.05) is 19.1 Å². The highest BCUT2D eigenvalue weighted by atomic mass is 19.1. The minimum Gasteiger partial charge on any atom is -0.478 e. The van der Waals surface area contributed by atoms with Crippen molar-refractivity contribution >= 4 is 16.9 Å². The normalized spacial score (nSPS) is 11.0. The molecule has 0 fully saturated rings. The Kier molecular flexibility index (Phi) is 3.77. The Bertz CT molecular complexity index is 1130. The molecule has 0 saturated carbocycles. The van der Waals surface area contributed by atoms with Crippen molar-refractivity contribution in [1.82, 2.24) is 4.98 Å². The molecule has 2 heterocycles. The number of carboxylic acid groups (broad SMARTS) is 1. The molecule has 4 aromatic rings. The van der Waals surface area contributed by atoms with Crippen LogP contribution < -0.4 is 0 Å². The van der Waals surface area contributed by atoms with Crippen LogP contribution in [0.1, 0.15) is 15.9 Å². The molecule has 0 bridgehead atoms. The molecule has 2 aromatic heterocycles. The second-order valence-electron chi connectivity index (χ2n) is 6.05. The number of carbonyl (C=O) groups is 1. The van der Waals surface area contributed by atoms with Crippen LogP contribution in [-0.2, 0) is 0 Å². The van der Waals surface area contributed by atoms with E-state index in [2.05, 4.69) is 4.98 Å². The van der Waals surface area contributed by atoms with Gasteiger partial charge in [-0.25, -0.2) is 14.2 Å². The standard InChI is InChI=1S/C21H14FNO3/c1-12-2-7-17-15(10-12)16(21(24)25)11-18(23-17)20-9-8-19(26-20)13-3-5-14(22)6-4-13/h2-11H,1H3,(H,24,25). The zero-order chi connectivity index (χ0) is 18.3. The van der Waals surface area contributed by atoms with Crippen molar-refractivity contribution < 1.29 is 18.7 Å². The number of pyridine rings is 1. The summed E-state index contributed by atoms with van der Waals surface area (Å²) >= 11 is 0. The fourth-order valence-corrected chi connectivity index (χ4v) is 2.89. The molecule has 1 N–H and O–H groups in total. The van der Waals surface area contributed by atoms with Crippen molar-refractivity contribution in [1.29, 1.82) is 0 Å². The SMILES string of the molecule is Cc1ccc2nc(-c3ccc(-c4ccc(F)cc4)o3)cc(C(=O)O)c2c1. The molecule has 0 aliphatic carbocycles. The van der Waals surface area contributed by atoms with E-state index in [0.717, 1.165) is 11.1 Å². The van der Waals surface area contributed by atoms with Gasteiger partial charge in [-0.2, -0.15) is 0 Å². The van der Waals surface area contributed by atoms with Crippen LogP contribution in [0, 0.1) is 12.7 Å². The molecule has 2 aromatic carbocycles. The van der Waals surface area contributed by atoms with Crippen molar-refractivity contribution in [2.24, 2.45) is 0 Å². The van der Waals surface area contributed by atoms with Gasteiger partial charge in [-0.05, 0) is 61.5 Å². The molecule has 4 rings (SSSR count). The molecular weight excluding hydrogens is 333 g/mol. The van der Waals surface area contributed by atoms with Gasteiger partial charge >= 0.3 is 5.97 Å². The van der Waals surface area contributed by atoms with E-state index in [1.165, 1.54) is 18.2 Å². The highest BCUT2D eigenvalue weighted by Gasteiger charge is 2.15. The Balaban J connectivity index is 1.83. The molecule has 0 radical (unpaired) electrons. The smallest absolute Gasteiger partial charge is 0.336 e. The van der Waals surface area contributed by atoms with Gasteiger partial charge in [-0.3, -0.25) is 0 Å². The van der Waals surface area contributed by atoms with Crippen molar-refractivity contribution in [3.8, 4) is 22.8 Å². The number of aromatic carboxylic acids is 1. The van der Waals surface area contributed by atoms with E-state index >= 15 is 0 Å². The molecule has 0 amide bonds. The van der Waals surface area contributed by atoms with E-state index in [1.54, 1.807) is 30.3 Å². The molecule has 0 unspecified atom stereocenters. The molecular formula is C21H14FNO3. The van der Waals surface area contributed by atoms with Crippen LogP contribution in [0.3, 0.4) is 0 Å². The largest absolute Gasteiger partial charge is 0.478 e. The van der Waals surface area contributed by atoms with Gasteiger partial charge in [0.05, 0.1) is 11.1 Å².